The molecule has 0 unspecified atom stereocenters. The summed E-state index contributed by atoms with van der Waals surface area (Å²) in [5.41, 5.74) is 0.945. The number of halogens is 5. The Kier molecular flexibility index (Phi) is 39.6. The summed E-state index contributed by atoms with van der Waals surface area (Å²) in [4.78, 5) is 21.2. The Balaban J connectivity index is 0.000000156. The van der Waals surface area contributed by atoms with Crippen LogP contribution < -0.4 is 63.7 Å². The topological polar surface area (TPSA) is 124 Å². The van der Waals surface area contributed by atoms with Gasteiger partial charge in [-0.15, -0.1) is 0 Å². The molecule has 117 heavy (non-hydrogen) atoms. The molecule has 3 aliphatic carbocycles. The second-order valence-electron chi connectivity index (χ2n) is 26.0. The molecule has 15 aromatic rings. The molecule has 0 spiro atoms. The van der Waals surface area contributed by atoms with E-state index in [9.17, 15) is 18.0 Å². The van der Waals surface area contributed by atoms with Crippen molar-refractivity contribution in [3.8, 4) is 12.1 Å². The van der Waals surface area contributed by atoms with Crippen molar-refractivity contribution in [2.75, 3.05) is 0 Å². The summed E-state index contributed by atoms with van der Waals surface area (Å²) < 4.78 is 39.1. The molecule has 3 aromatic heterocycles. The molecule has 0 saturated heterocycles. The fourth-order valence-electron chi connectivity index (χ4n) is 11.6. The number of rotatable bonds is 15. The number of benzene rings is 12. The number of aromatic nitrogens is 3. The Hall–Kier alpha value is -9.70. The Bertz CT molecular complexity index is 4600. The molecule has 3 heterocycles. The van der Waals surface area contributed by atoms with Gasteiger partial charge >= 0.3 is 35.9 Å². The zero-order valence-electron chi connectivity index (χ0n) is 63.9. The van der Waals surface area contributed by atoms with Crippen molar-refractivity contribution >= 4 is 131 Å². The van der Waals surface area contributed by atoms with Crippen LogP contribution in [0.25, 0.3) is 0 Å². The van der Waals surface area contributed by atoms with Crippen LogP contribution in [-0.2, 0) is 36.8 Å². The summed E-state index contributed by atoms with van der Waals surface area (Å²) in [6.07, 6.45) is 13.8. The van der Waals surface area contributed by atoms with Crippen LogP contribution >= 0.6 is 61.2 Å². The summed E-state index contributed by atoms with van der Waals surface area (Å²) in [5.74, 6) is -2.28. The molecule has 18 rings (SSSR count). The van der Waals surface area contributed by atoms with Crippen LogP contribution in [0.3, 0.4) is 0 Å². The third kappa shape index (κ3) is 30.0. The molecule has 0 radical (unpaired) electrons. The van der Waals surface area contributed by atoms with Gasteiger partial charge in [-0.3, -0.25) is 0 Å². The van der Waals surface area contributed by atoms with Crippen molar-refractivity contribution < 1.29 is 59.8 Å². The average Bonchev–Trinajstić information content (AvgIpc) is 1.38. The van der Waals surface area contributed by atoms with Crippen molar-refractivity contribution in [2.24, 2.45) is 0 Å². The smallest absolute Gasteiger partial charge is 0.0134 e. The maximum atomic E-state index is 13.0. The minimum absolute atomic E-state index is 0. The van der Waals surface area contributed by atoms with Crippen molar-refractivity contribution in [1.82, 2.24) is 15.0 Å². The standard InChI is InChI=1S/4C18H15P.C9H7FN2.C9H8FNO2.C6H2BrFN2.C3H5.BrH.Pd.Zn/c4*1-4-10-16(11-5-1)19(17-12-6-2-7-13-17)18-14-8-3-9-15-18;10-8-3-7(6-1-2-6)5-12-9(8)4-11;10-7-3-6(5-1-2-5)4-11-8(7)9(12)13;7-4-1-5(8)6(2-9)10-3-4;1-2-3-1;;;/h4*1-15H;3,5-6H,1-2H2;3-5H,1-2H2,(H,12,13);1,3H;1H,2-3H2;1H;;/q;;;;;;;-1;;;+2/p-1. The minimum Gasteiger partial charge on any atom is -0.0622 e. The molecule has 3 saturated carbocycles. The van der Waals surface area contributed by atoms with Crippen LogP contribution in [-0.4, -0.2) is 26.0 Å². The quantitative estimate of drug-likeness (QED) is 0.0616. The second kappa shape index (κ2) is 50.8. The Labute approximate surface area is 729 Å². The average molecular weight is 1890 g/mol. The van der Waals surface area contributed by atoms with E-state index < -0.39 is 60.8 Å². The minimum atomic E-state index is -1.32. The number of hydrogen-bond acceptors (Lipinski definition) is 6. The predicted octanol–water partition coefficient (Wildman–Crippen LogP) is 21.2. The number of nitrogens with zero attached hydrogens (tertiary/aromatic N) is 5. The van der Waals surface area contributed by atoms with Gasteiger partial charge < -0.3 is 11.5 Å². The SMILES string of the molecule is N#Cc1ncc(Br)cc1F.N#Cc1ncc(C2CC2)cc1F.O=C(O)c1ncc(C2CC2)cc1F.[CH-]1CC1.[Pd].[Zn+][Br].c1ccc(P(c2ccccc2)c2ccccc2)cc1.c1ccc(P(c2ccccc2)c2ccccc2)cc1.c1ccc(P(c2ccccc2)c2ccccc2)cc1.c1ccc(P(c2ccccc2)c2ccccc2)cc1. The molecule has 3 aliphatic rings. The maximum Gasteiger partial charge on any atom is -0.0134 e. The first-order chi connectivity index (χ1) is 57.0. The van der Waals surface area contributed by atoms with Crippen LogP contribution in [0.5, 0.6) is 0 Å². The molecule has 12 aromatic carbocycles. The Morgan fingerprint density at radius 3 is 0.692 bits per heavy atom. The molecule has 0 aliphatic heterocycles. The van der Waals surface area contributed by atoms with Gasteiger partial charge in [-0.1, -0.05) is 364 Å². The predicted molar refractivity (Wildman–Crippen MR) is 484 cm³/mol. The number of carboxylic acid groups (broad SMARTS) is 1. The molecule has 0 amide bonds. The molecular weight excluding hydrogens is 1800 g/mol. The maximum absolute atomic E-state index is 13.0. The van der Waals surface area contributed by atoms with Crippen LogP contribution in [0.1, 0.15) is 83.4 Å². The van der Waals surface area contributed by atoms with Crippen molar-refractivity contribution in [2.45, 2.75) is 50.4 Å². The van der Waals surface area contributed by atoms with Gasteiger partial charge in [-0.05, 0) is 178 Å². The molecule has 3 fully saturated rings. The summed E-state index contributed by atoms with van der Waals surface area (Å²) in [6.45, 7) is 0. The largest absolute Gasteiger partial charge is 0.0622 e. The third-order valence-corrected chi connectivity index (χ3v) is 27.7. The van der Waals surface area contributed by atoms with Gasteiger partial charge in [0.15, 0.2) is 34.5 Å². The molecule has 0 bridgehead atoms. The van der Waals surface area contributed by atoms with Gasteiger partial charge in [0.25, 0.3) is 0 Å². The van der Waals surface area contributed by atoms with E-state index in [1.165, 1.54) is 123 Å². The van der Waals surface area contributed by atoms with E-state index in [2.05, 4.69) is 415 Å². The Morgan fingerprint density at radius 1 is 0.342 bits per heavy atom. The van der Waals surface area contributed by atoms with E-state index in [0.29, 0.717) is 16.3 Å². The number of nitriles is 2. The summed E-state index contributed by atoms with van der Waals surface area (Å²) in [6, 6.07) is 137. The second-order valence-corrected chi connectivity index (χ2v) is 35.8. The molecule has 1 N–H and O–H groups in total. The fraction of sp³-hybridized carbons (Fsp3) is 0.0808. The normalized spacial score (nSPS) is 11.7. The van der Waals surface area contributed by atoms with Crippen molar-refractivity contribution in [3.05, 3.63) is 457 Å². The fourth-order valence-corrected chi connectivity index (χ4v) is 21.2. The molecule has 582 valence electrons. The zero-order valence-corrected chi connectivity index (χ0v) is 75.1. The number of hydrogen-bond donors (Lipinski definition) is 1. The van der Waals surface area contributed by atoms with E-state index in [-0.39, 0.29) is 31.8 Å². The van der Waals surface area contributed by atoms with Crippen LogP contribution in [0, 0.1) is 46.5 Å². The van der Waals surface area contributed by atoms with Gasteiger partial charge in [0.1, 0.15) is 12.1 Å². The van der Waals surface area contributed by atoms with Crippen LogP contribution in [0.2, 0.25) is 0 Å². The van der Waals surface area contributed by atoms with E-state index in [0.717, 1.165) is 36.8 Å². The van der Waals surface area contributed by atoms with Gasteiger partial charge in [0, 0.05) is 43.5 Å². The van der Waals surface area contributed by atoms with E-state index in [1.807, 2.05) is 0 Å². The van der Waals surface area contributed by atoms with Gasteiger partial charge in [-0.2, -0.15) is 10.5 Å². The Morgan fingerprint density at radius 2 is 0.530 bits per heavy atom. The molecule has 0 atom stereocenters. The van der Waals surface area contributed by atoms with E-state index in [1.54, 1.807) is 18.3 Å². The van der Waals surface area contributed by atoms with Gasteiger partial charge in [-0.25, -0.2) is 45.8 Å². The van der Waals surface area contributed by atoms with Gasteiger partial charge in [0.05, 0.1) is 0 Å². The number of aromatic carboxylic acids is 1. The summed E-state index contributed by atoms with van der Waals surface area (Å²) in [5, 5.41) is 41.9. The van der Waals surface area contributed by atoms with Crippen LogP contribution in [0.4, 0.5) is 13.2 Å². The van der Waals surface area contributed by atoms with E-state index in [4.69, 9.17) is 15.6 Å². The summed E-state index contributed by atoms with van der Waals surface area (Å²) >= 11 is 7.26. The zero-order chi connectivity index (χ0) is 81.3. The number of carboxylic acids is 1. The monoisotopic (exact) mass is 1880 g/mol. The van der Waals surface area contributed by atoms with Crippen LogP contribution in [0.15, 0.2) is 405 Å². The van der Waals surface area contributed by atoms with Crippen molar-refractivity contribution in [1.29, 1.82) is 10.5 Å². The molecule has 18 heteroatoms. The first-order valence-electron chi connectivity index (χ1n) is 37.6. The third-order valence-electron chi connectivity index (χ3n) is 17.5. The van der Waals surface area contributed by atoms with Crippen molar-refractivity contribution in [3.63, 3.8) is 0 Å². The number of pyridine rings is 3. The first kappa shape index (κ1) is 91.2. The summed E-state index contributed by atoms with van der Waals surface area (Å²) in [7, 11) is -1.78. The number of carbonyl (C=O) groups is 1. The molecule has 7 nitrogen and oxygen atoms in total. The first-order valence-corrected chi connectivity index (χ1v) is 50.7. The van der Waals surface area contributed by atoms with Gasteiger partial charge in [0.2, 0.25) is 0 Å². The molecular formula is C99H82Br2F3N5O2P4PdZn. The van der Waals surface area contributed by atoms with E-state index >= 15 is 0 Å².